The third kappa shape index (κ3) is 6.01. The largest absolute Gasteiger partial charge is 0.497 e. The number of carbonyl (C=O) groups excluding carboxylic acids is 1. The summed E-state index contributed by atoms with van der Waals surface area (Å²) in [6.45, 7) is 0.702. The number of aliphatic hydroxyl groups excluding tert-OH is 1. The smallest absolute Gasteiger partial charge is 0.234 e. The highest BCUT2D eigenvalue weighted by molar-refractivity contribution is 5.78. The van der Waals surface area contributed by atoms with Gasteiger partial charge in [-0.1, -0.05) is 0 Å². The van der Waals surface area contributed by atoms with E-state index in [1.807, 2.05) is 0 Å². The minimum atomic E-state index is -0.666. The Morgan fingerprint density at radius 1 is 1.33 bits per heavy atom. The minimum absolute atomic E-state index is 0.0271. The number of amides is 1. The van der Waals surface area contributed by atoms with Crippen molar-refractivity contribution in [3.8, 4) is 11.5 Å². The molecule has 0 aliphatic heterocycles. The van der Waals surface area contributed by atoms with Crippen LogP contribution >= 0.6 is 0 Å². The van der Waals surface area contributed by atoms with Crippen LogP contribution in [0.4, 0.5) is 0 Å². The van der Waals surface area contributed by atoms with Crippen molar-refractivity contribution in [1.82, 2.24) is 10.6 Å². The Balaban J connectivity index is 1.57. The Bertz CT molecular complexity index is 445. The SMILES string of the molecule is COc1ccc(OCC(O)CNCC(=O)NC2CC2)cc1. The first kappa shape index (κ1) is 15.6. The predicted octanol–water partition coefficient (Wildman–Crippen LogP) is 0.303. The second kappa shape index (κ2) is 7.85. The number of hydrogen-bond acceptors (Lipinski definition) is 5. The zero-order valence-corrected chi connectivity index (χ0v) is 12.2. The average molecular weight is 294 g/mol. The highest BCUT2D eigenvalue weighted by atomic mass is 16.5. The van der Waals surface area contributed by atoms with Gasteiger partial charge in [-0.3, -0.25) is 4.79 Å². The van der Waals surface area contributed by atoms with Crippen LogP contribution < -0.4 is 20.1 Å². The summed E-state index contributed by atoms with van der Waals surface area (Å²) in [6, 6.07) is 7.51. The quantitative estimate of drug-likeness (QED) is 0.610. The van der Waals surface area contributed by atoms with Gasteiger partial charge in [0.25, 0.3) is 0 Å². The molecule has 0 bridgehead atoms. The molecule has 0 aromatic heterocycles. The average Bonchev–Trinajstić information content (AvgIpc) is 3.29. The van der Waals surface area contributed by atoms with Gasteiger partial charge in [0.15, 0.2) is 0 Å². The van der Waals surface area contributed by atoms with Gasteiger partial charge in [0.2, 0.25) is 5.91 Å². The standard InChI is InChI=1S/C15H22N2O4/c1-20-13-4-6-14(7-5-13)21-10-12(18)8-16-9-15(19)17-11-2-3-11/h4-7,11-12,16,18H,2-3,8-10H2,1H3,(H,17,19). The number of rotatable bonds is 9. The van der Waals surface area contributed by atoms with E-state index in [1.54, 1.807) is 31.4 Å². The number of hydrogen-bond donors (Lipinski definition) is 3. The molecule has 1 fully saturated rings. The maximum Gasteiger partial charge on any atom is 0.234 e. The fraction of sp³-hybridized carbons (Fsp3) is 0.533. The molecule has 1 aliphatic carbocycles. The third-order valence-electron chi connectivity index (χ3n) is 3.11. The van der Waals surface area contributed by atoms with Crippen LogP contribution in [0.1, 0.15) is 12.8 Å². The molecule has 0 spiro atoms. The van der Waals surface area contributed by atoms with Gasteiger partial charge in [-0.2, -0.15) is 0 Å². The number of ether oxygens (including phenoxy) is 2. The first-order chi connectivity index (χ1) is 10.2. The van der Waals surface area contributed by atoms with Crippen LogP contribution in [0.25, 0.3) is 0 Å². The van der Waals surface area contributed by atoms with E-state index in [0.29, 0.717) is 18.3 Å². The molecule has 0 heterocycles. The molecular weight excluding hydrogens is 272 g/mol. The number of benzene rings is 1. The lowest BCUT2D eigenvalue weighted by molar-refractivity contribution is -0.120. The molecule has 1 atom stereocenters. The second-order valence-corrected chi connectivity index (χ2v) is 5.11. The lowest BCUT2D eigenvalue weighted by atomic mass is 10.3. The molecule has 1 aliphatic rings. The van der Waals surface area contributed by atoms with Gasteiger partial charge < -0.3 is 25.2 Å². The number of aliphatic hydroxyl groups is 1. The normalized spacial score (nSPS) is 15.3. The maximum atomic E-state index is 11.4. The summed E-state index contributed by atoms with van der Waals surface area (Å²) in [5.41, 5.74) is 0. The molecule has 0 saturated heterocycles. The van der Waals surface area contributed by atoms with Crippen molar-refractivity contribution in [2.45, 2.75) is 25.0 Å². The second-order valence-electron chi connectivity index (χ2n) is 5.11. The predicted molar refractivity (Wildman–Crippen MR) is 78.5 cm³/mol. The molecule has 1 saturated carbocycles. The first-order valence-corrected chi connectivity index (χ1v) is 7.12. The van der Waals surface area contributed by atoms with E-state index in [0.717, 1.165) is 18.6 Å². The molecule has 6 nitrogen and oxygen atoms in total. The first-order valence-electron chi connectivity index (χ1n) is 7.12. The molecule has 116 valence electrons. The van der Waals surface area contributed by atoms with Gasteiger partial charge in [0.05, 0.1) is 13.7 Å². The van der Waals surface area contributed by atoms with Gasteiger partial charge in [-0.15, -0.1) is 0 Å². The van der Waals surface area contributed by atoms with Crippen molar-refractivity contribution in [1.29, 1.82) is 0 Å². The Kier molecular flexibility index (Phi) is 5.83. The molecule has 2 rings (SSSR count). The number of carbonyl (C=O) groups is 1. The lowest BCUT2D eigenvalue weighted by Crippen LogP contribution is -2.39. The van der Waals surface area contributed by atoms with Crippen LogP contribution in [-0.2, 0) is 4.79 Å². The highest BCUT2D eigenvalue weighted by Crippen LogP contribution is 2.18. The van der Waals surface area contributed by atoms with Gasteiger partial charge in [0, 0.05) is 12.6 Å². The summed E-state index contributed by atoms with van der Waals surface area (Å²) in [5.74, 6) is 1.40. The van der Waals surface area contributed by atoms with Crippen molar-refractivity contribution in [3.63, 3.8) is 0 Å². The summed E-state index contributed by atoms with van der Waals surface area (Å²) >= 11 is 0. The van der Waals surface area contributed by atoms with E-state index >= 15 is 0 Å². The van der Waals surface area contributed by atoms with E-state index in [2.05, 4.69) is 10.6 Å². The highest BCUT2D eigenvalue weighted by Gasteiger charge is 2.22. The Morgan fingerprint density at radius 3 is 2.62 bits per heavy atom. The van der Waals surface area contributed by atoms with Crippen molar-refractivity contribution >= 4 is 5.91 Å². The fourth-order valence-corrected chi connectivity index (χ4v) is 1.78. The van der Waals surface area contributed by atoms with Crippen molar-refractivity contribution < 1.29 is 19.4 Å². The van der Waals surface area contributed by atoms with E-state index in [4.69, 9.17) is 9.47 Å². The van der Waals surface area contributed by atoms with Crippen LogP contribution in [0, 0.1) is 0 Å². The molecule has 1 aromatic carbocycles. The van der Waals surface area contributed by atoms with E-state index in [-0.39, 0.29) is 19.1 Å². The lowest BCUT2D eigenvalue weighted by Gasteiger charge is -2.13. The molecule has 1 amide bonds. The van der Waals surface area contributed by atoms with Gasteiger partial charge in [-0.25, -0.2) is 0 Å². The van der Waals surface area contributed by atoms with Crippen LogP contribution in [0.3, 0.4) is 0 Å². The van der Waals surface area contributed by atoms with Crippen molar-refractivity contribution in [3.05, 3.63) is 24.3 Å². The Hall–Kier alpha value is -1.79. The van der Waals surface area contributed by atoms with E-state index in [1.165, 1.54) is 0 Å². The van der Waals surface area contributed by atoms with Crippen LogP contribution in [-0.4, -0.2) is 50.0 Å². The molecule has 21 heavy (non-hydrogen) atoms. The fourth-order valence-electron chi connectivity index (χ4n) is 1.78. The molecule has 1 unspecified atom stereocenters. The molecule has 1 aromatic rings. The Labute approximate surface area is 124 Å². The van der Waals surface area contributed by atoms with Crippen molar-refractivity contribution in [2.75, 3.05) is 26.8 Å². The maximum absolute atomic E-state index is 11.4. The van der Waals surface area contributed by atoms with Gasteiger partial charge >= 0.3 is 0 Å². The molecule has 6 heteroatoms. The van der Waals surface area contributed by atoms with E-state index in [9.17, 15) is 9.90 Å². The molecule has 0 radical (unpaired) electrons. The van der Waals surface area contributed by atoms with Crippen LogP contribution in [0.2, 0.25) is 0 Å². The third-order valence-corrected chi connectivity index (χ3v) is 3.11. The van der Waals surface area contributed by atoms with Crippen molar-refractivity contribution in [2.24, 2.45) is 0 Å². The molecular formula is C15H22N2O4. The summed E-state index contributed by atoms with van der Waals surface area (Å²) in [7, 11) is 1.60. The van der Waals surface area contributed by atoms with Crippen LogP contribution in [0.15, 0.2) is 24.3 Å². The number of methoxy groups -OCH3 is 1. The monoisotopic (exact) mass is 294 g/mol. The zero-order chi connectivity index (χ0) is 15.1. The Morgan fingerprint density at radius 2 is 2.00 bits per heavy atom. The minimum Gasteiger partial charge on any atom is -0.497 e. The van der Waals surface area contributed by atoms with Gasteiger partial charge in [0.1, 0.15) is 24.2 Å². The zero-order valence-electron chi connectivity index (χ0n) is 12.2. The summed E-state index contributed by atoms with van der Waals surface area (Å²) in [6.07, 6.45) is 1.48. The molecule has 3 N–H and O–H groups in total. The van der Waals surface area contributed by atoms with E-state index < -0.39 is 6.10 Å². The summed E-state index contributed by atoms with van der Waals surface area (Å²) in [4.78, 5) is 11.4. The summed E-state index contributed by atoms with van der Waals surface area (Å²) in [5, 5.41) is 15.6. The summed E-state index contributed by atoms with van der Waals surface area (Å²) < 4.78 is 10.5. The van der Waals surface area contributed by atoms with Crippen LogP contribution in [0.5, 0.6) is 11.5 Å². The number of nitrogens with one attached hydrogen (secondary N) is 2. The van der Waals surface area contributed by atoms with Gasteiger partial charge in [-0.05, 0) is 37.1 Å². The topological polar surface area (TPSA) is 79.8 Å².